The highest BCUT2D eigenvalue weighted by Crippen LogP contribution is 2.32. The van der Waals surface area contributed by atoms with Crippen LogP contribution in [0.25, 0.3) is 11.3 Å². The van der Waals surface area contributed by atoms with Gasteiger partial charge in [0.05, 0.1) is 30.5 Å². The number of anilines is 3. The molecule has 11 heteroatoms. The molecule has 3 N–H and O–H groups in total. The first-order chi connectivity index (χ1) is 18.0. The summed E-state index contributed by atoms with van der Waals surface area (Å²) >= 11 is 0. The summed E-state index contributed by atoms with van der Waals surface area (Å²) < 4.78 is 16.7. The summed E-state index contributed by atoms with van der Waals surface area (Å²) in [5, 5.41) is 18.5. The summed E-state index contributed by atoms with van der Waals surface area (Å²) in [6, 6.07) is 8.79. The Balaban J connectivity index is 1.36. The highest BCUT2D eigenvalue weighted by Gasteiger charge is 2.26. The molecule has 0 spiro atoms. The second-order valence-electron chi connectivity index (χ2n) is 8.74. The van der Waals surface area contributed by atoms with Gasteiger partial charge in [0.15, 0.2) is 17.5 Å². The Hall–Kier alpha value is -4.72. The van der Waals surface area contributed by atoms with Gasteiger partial charge in [0, 0.05) is 43.6 Å². The van der Waals surface area contributed by atoms with Crippen LogP contribution in [0.1, 0.15) is 19.2 Å². The van der Waals surface area contributed by atoms with Gasteiger partial charge in [0.2, 0.25) is 5.82 Å². The van der Waals surface area contributed by atoms with E-state index < -0.39 is 5.82 Å². The summed E-state index contributed by atoms with van der Waals surface area (Å²) in [6.45, 7) is 4.22. The molecule has 0 bridgehead atoms. The maximum Gasteiger partial charge on any atom is 0.207 e. The number of nitrogens with zero attached hydrogens (tertiary/aromatic N) is 8. The number of halogens is 1. The zero-order valence-corrected chi connectivity index (χ0v) is 20.3. The molecule has 0 aliphatic carbocycles. The van der Waals surface area contributed by atoms with Crippen LogP contribution in [0.3, 0.4) is 0 Å². The van der Waals surface area contributed by atoms with E-state index in [2.05, 4.69) is 41.9 Å². The summed E-state index contributed by atoms with van der Waals surface area (Å²) in [5.41, 5.74) is 8.02. The molecule has 4 aromatic rings. The SMILES string of the molecule is C[C@@H]1CCN(c2cc(-c3ccccc3O)nnc2N)CCN1c1nc(C#CCn2ccnc2)ncc1F. The number of hydrogen-bond donors (Lipinski definition) is 2. The number of hydrogen-bond acceptors (Lipinski definition) is 9. The smallest absolute Gasteiger partial charge is 0.207 e. The lowest BCUT2D eigenvalue weighted by atomic mass is 10.1. The zero-order valence-electron chi connectivity index (χ0n) is 20.3. The van der Waals surface area contributed by atoms with Crippen molar-refractivity contribution in [2.24, 2.45) is 0 Å². The fraction of sp³-hybridized carbons (Fsp3) is 0.269. The Bertz CT molecular complexity index is 1450. The molecule has 4 heterocycles. The van der Waals surface area contributed by atoms with Crippen LogP contribution in [-0.4, -0.2) is 60.5 Å². The summed E-state index contributed by atoms with van der Waals surface area (Å²) in [4.78, 5) is 16.5. The second-order valence-corrected chi connectivity index (χ2v) is 8.74. The zero-order chi connectivity index (χ0) is 25.8. The molecule has 1 aromatic carbocycles. The van der Waals surface area contributed by atoms with Gasteiger partial charge in [-0.25, -0.2) is 19.3 Å². The predicted octanol–water partition coefficient (Wildman–Crippen LogP) is 2.71. The third kappa shape index (κ3) is 5.28. The maximum absolute atomic E-state index is 14.9. The van der Waals surface area contributed by atoms with E-state index in [9.17, 15) is 9.50 Å². The molecular formula is C26H26FN9O. The van der Waals surface area contributed by atoms with Crippen molar-refractivity contribution in [3.63, 3.8) is 0 Å². The molecule has 0 unspecified atom stereocenters. The van der Waals surface area contributed by atoms with Gasteiger partial charge in [-0.3, -0.25) is 0 Å². The molecule has 1 aliphatic rings. The monoisotopic (exact) mass is 499 g/mol. The van der Waals surface area contributed by atoms with Crippen LogP contribution < -0.4 is 15.5 Å². The molecule has 188 valence electrons. The molecule has 0 radical (unpaired) electrons. The highest BCUT2D eigenvalue weighted by molar-refractivity contribution is 5.74. The third-order valence-electron chi connectivity index (χ3n) is 6.30. The second kappa shape index (κ2) is 10.5. The first-order valence-electron chi connectivity index (χ1n) is 11.9. The minimum Gasteiger partial charge on any atom is -0.507 e. The van der Waals surface area contributed by atoms with Crippen LogP contribution in [0.2, 0.25) is 0 Å². The quantitative estimate of drug-likeness (QED) is 0.408. The van der Waals surface area contributed by atoms with Crippen molar-refractivity contribution >= 4 is 17.3 Å². The van der Waals surface area contributed by atoms with Crippen molar-refractivity contribution in [2.75, 3.05) is 35.2 Å². The normalized spacial score (nSPS) is 15.7. The van der Waals surface area contributed by atoms with Crippen LogP contribution >= 0.6 is 0 Å². The molecule has 5 rings (SSSR count). The van der Waals surface area contributed by atoms with Crippen molar-refractivity contribution in [1.82, 2.24) is 29.7 Å². The van der Waals surface area contributed by atoms with Crippen LogP contribution in [0.15, 0.2) is 55.2 Å². The van der Waals surface area contributed by atoms with Gasteiger partial charge < -0.3 is 25.2 Å². The van der Waals surface area contributed by atoms with E-state index in [4.69, 9.17) is 5.73 Å². The average molecular weight is 500 g/mol. The predicted molar refractivity (Wildman–Crippen MR) is 138 cm³/mol. The van der Waals surface area contributed by atoms with Gasteiger partial charge >= 0.3 is 0 Å². The number of phenols is 1. The lowest BCUT2D eigenvalue weighted by Gasteiger charge is -2.28. The van der Waals surface area contributed by atoms with E-state index >= 15 is 0 Å². The van der Waals surface area contributed by atoms with Crippen molar-refractivity contribution in [3.05, 3.63) is 66.9 Å². The molecule has 1 fully saturated rings. The Kier molecular flexibility index (Phi) is 6.81. The molecule has 1 aliphatic heterocycles. The number of imidazole rings is 1. The Morgan fingerprint density at radius 1 is 1.19 bits per heavy atom. The van der Waals surface area contributed by atoms with Gasteiger partial charge in [-0.15, -0.1) is 10.2 Å². The van der Waals surface area contributed by atoms with Crippen LogP contribution in [0.4, 0.5) is 21.7 Å². The van der Waals surface area contributed by atoms with Crippen molar-refractivity contribution in [3.8, 4) is 28.8 Å². The minimum atomic E-state index is -0.493. The Morgan fingerprint density at radius 3 is 2.86 bits per heavy atom. The summed E-state index contributed by atoms with van der Waals surface area (Å²) in [7, 11) is 0. The highest BCUT2D eigenvalue weighted by atomic mass is 19.1. The average Bonchev–Trinajstić information content (AvgIpc) is 3.34. The third-order valence-corrected chi connectivity index (χ3v) is 6.30. The van der Waals surface area contributed by atoms with Gasteiger partial charge in [-0.05, 0) is 37.5 Å². The van der Waals surface area contributed by atoms with Gasteiger partial charge in [-0.2, -0.15) is 0 Å². The largest absolute Gasteiger partial charge is 0.507 e. The van der Waals surface area contributed by atoms with E-state index in [1.54, 1.807) is 30.7 Å². The van der Waals surface area contributed by atoms with E-state index in [0.717, 1.165) is 12.1 Å². The topological polar surface area (TPSA) is 122 Å². The number of benzene rings is 1. The number of rotatable bonds is 4. The number of para-hydroxylation sites is 1. The number of aromatic nitrogens is 6. The molecular weight excluding hydrogens is 473 g/mol. The molecule has 3 aromatic heterocycles. The van der Waals surface area contributed by atoms with E-state index in [1.165, 1.54) is 6.20 Å². The lowest BCUT2D eigenvalue weighted by molar-refractivity contribution is 0.477. The molecule has 1 atom stereocenters. The van der Waals surface area contributed by atoms with Crippen LogP contribution in [0.5, 0.6) is 5.75 Å². The van der Waals surface area contributed by atoms with Crippen LogP contribution in [-0.2, 0) is 6.54 Å². The first kappa shape index (κ1) is 24.0. The Labute approximate surface area is 213 Å². The minimum absolute atomic E-state index is 0.00909. The van der Waals surface area contributed by atoms with Gasteiger partial charge in [-0.1, -0.05) is 18.1 Å². The van der Waals surface area contributed by atoms with E-state index in [1.807, 2.05) is 34.7 Å². The molecule has 10 nitrogen and oxygen atoms in total. The maximum atomic E-state index is 14.9. The van der Waals surface area contributed by atoms with E-state index in [0.29, 0.717) is 43.3 Å². The van der Waals surface area contributed by atoms with Gasteiger partial charge in [0.1, 0.15) is 5.75 Å². The molecule has 0 amide bonds. The van der Waals surface area contributed by atoms with Crippen LogP contribution in [0, 0.1) is 17.7 Å². The summed E-state index contributed by atoms with van der Waals surface area (Å²) in [6.07, 6.45) is 7.07. The standard InChI is InChI=1S/C26H26FN9O/c1-18-8-11-35(22-15-21(32-33-25(22)28)19-5-2-3-6-23(19)37)13-14-36(18)26-20(27)16-30-24(31-26)7-4-10-34-12-9-29-17-34/h2-3,5-6,9,12,15-18,37H,8,10-11,13-14H2,1H3,(H2,28,33)/t18-/m1/s1. The van der Waals surface area contributed by atoms with Crippen molar-refractivity contribution in [1.29, 1.82) is 0 Å². The van der Waals surface area contributed by atoms with E-state index in [-0.39, 0.29) is 23.4 Å². The summed E-state index contributed by atoms with van der Waals surface area (Å²) in [5.74, 6) is 6.31. The molecule has 0 saturated carbocycles. The van der Waals surface area contributed by atoms with Crippen molar-refractivity contribution < 1.29 is 9.50 Å². The fourth-order valence-corrected chi connectivity index (χ4v) is 4.29. The number of nitrogen functional groups attached to an aromatic ring is 1. The number of aromatic hydroxyl groups is 1. The first-order valence-corrected chi connectivity index (χ1v) is 11.9. The number of phenolic OH excluding ortho intramolecular Hbond substituents is 1. The number of nitrogens with two attached hydrogens (primary N) is 1. The van der Waals surface area contributed by atoms with Gasteiger partial charge in [0.25, 0.3) is 0 Å². The van der Waals surface area contributed by atoms with Crippen molar-refractivity contribution in [2.45, 2.75) is 25.9 Å². The molecule has 37 heavy (non-hydrogen) atoms. The lowest BCUT2D eigenvalue weighted by Crippen LogP contribution is -2.36. The Morgan fingerprint density at radius 2 is 2.05 bits per heavy atom. The fourth-order valence-electron chi connectivity index (χ4n) is 4.29. The molecule has 1 saturated heterocycles.